The third kappa shape index (κ3) is 8.37. The summed E-state index contributed by atoms with van der Waals surface area (Å²) in [5, 5.41) is 3.31. The lowest BCUT2D eigenvalue weighted by Crippen LogP contribution is -2.41. The molecule has 1 aliphatic rings. The van der Waals surface area contributed by atoms with E-state index in [4.69, 9.17) is 9.47 Å². The van der Waals surface area contributed by atoms with Crippen molar-refractivity contribution in [1.82, 2.24) is 20.1 Å². The van der Waals surface area contributed by atoms with E-state index in [2.05, 4.69) is 20.2 Å². The third-order valence-corrected chi connectivity index (χ3v) is 4.92. The zero-order valence-corrected chi connectivity index (χ0v) is 18.0. The van der Waals surface area contributed by atoms with Crippen molar-refractivity contribution < 1.29 is 14.3 Å². The minimum atomic E-state index is 0.00924. The summed E-state index contributed by atoms with van der Waals surface area (Å²) in [6.45, 7) is 7.38. The number of guanidine groups is 1. The van der Waals surface area contributed by atoms with Crippen molar-refractivity contribution in [2.75, 3.05) is 66.7 Å². The maximum atomic E-state index is 12.5. The van der Waals surface area contributed by atoms with Crippen molar-refractivity contribution >= 4 is 11.9 Å². The highest BCUT2D eigenvalue weighted by Crippen LogP contribution is 2.16. The Balaban J connectivity index is 1.79. The normalized spacial score (nSPS) is 16.9. The topological polar surface area (TPSA) is 79.3 Å². The van der Waals surface area contributed by atoms with Gasteiger partial charge in [-0.15, -0.1) is 0 Å². The first-order valence-electron chi connectivity index (χ1n) is 10.4. The molecule has 1 atom stereocenters. The maximum absolute atomic E-state index is 12.5. The first-order chi connectivity index (χ1) is 14.1. The van der Waals surface area contributed by atoms with Gasteiger partial charge >= 0.3 is 0 Å². The number of rotatable bonds is 11. The fraction of sp³-hybridized carbons (Fsp3) is 0.667. The molecule has 162 valence electrons. The average Bonchev–Trinajstić information content (AvgIpc) is 3.21. The van der Waals surface area contributed by atoms with E-state index in [0.29, 0.717) is 25.7 Å². The number of hydrogen-bond donors (Lipinski definition) is 1. The van der Waals surface area contributed by atoms with Crippen molar-refractivity contribution in [2.24, 2.45) is 10.9 Å². The zero-order chi connectivity index (χ0) is 20.9. The molecule has 2 rings (SSSR count). The van der Waals surface area contributed by atoms with Crippen LogP contribution in [0.25, 0.3) is 0 Å². The summed E-state index contributed by atoms with van der Waals surface area (Å²) in [6.07, 6.45) is 3.58. The molecule has 8 nitrogen and oxygen atoms in total. The molecule has 1 unspecified atom stereocenters. The molecular formula is C21H35N5O3. The number of aliphatic imine (C=N–C) groups is 1. The number of carbonyl (C=O) groups excluding carboxylic acids is 1. The molecule has 2 heterocycles. The van der Waals surface area contributed by atoms with E-state index in [0.717, 1.165) is 50.7 Å². The van der Waals surface area contributed by atoms with Gasteiger partial charge in [0, 0.05) is 64.6 Å². The van der Waals surface area contributed by atoms with Crippen LogP contribution in [0.3, 0.4) is 0 Å². The Hall–Kier alpha value is -2.19. The maximum Gasteiger partial charge on any atom is 0.244 e. The van der Waals surface area contributed by atoms with Gasteiger partial charge in [-0.25, -0.2) is 4.99 Å². The Morgan fingerprint density at radius 3 is 3.00 bits per heavy atom. The number of aromatic nitrogens is 1. The van der Waals surface area contributed by atoms with Crippen LogP contribution in [0.1, 0.15) is 19.0 Å². The molecule has 0 saturated carbocycles. The second kappa shape index (κ2) is 13.1. The molecular weight excluding hydrogens is 370 g/mol. The van der Waals surface area contributed by atoms with Gasteiger partial charge in [0.15, 0.2) is 5.96 Å². The Labute approximate surface area is 174 Å². The molecule has 1 aromatic heterocycles. The number of likely N-dealkylation sites (N-methyl/N-ethyl adjacent to an activating group) is 1. The highest BCUT2D eigenvalue weighted by Gasteiger charge is 2.25. The number of methoxy groups -OCH3 is 1. The summed E-state index contributed by atoms with van der Waals surface area (Å²) >= 11 is 0. The molecule has 0 bridgehead atoms. The standard InChI is InChI=1S/C21H35N5O3/c1-4-22-21(26-12-8-18(16-26)17-29-14-13-28-3)24-15-20(27)25(2)11-9-19-7-5-6-10-23-19/h5-7,10,18H,4,8-9,11-17H2,1-3H3,(H,22,24). The third-order valence-electron chi connectivity index (χ3n) is 4.92. The Morgan fingerprint density at radius 2 is 2.28 bits per heavy atom. The lowest BCUT2D eigenvalue weighted by atomic mass is 10.1. The van der Waals surface area contributed by atoms with Crippen molar-refractivity contribution in [3.8, 4) is 0 Å². The molecule has 0 spiro atoms. The summed E-state index contributed by atoms with van der Waals surface area (Å²) in [7, 11) is 3.49. The molecule has 0 aliphatic carbocycles. The zero-order valence-electron chi connectivity index (χ0n) is 18.0. The molecule has 1 fully saturated rings. The van der Waals surface area contributed by atoms with Crippen LogP contribution in [0.5, 0.6) is 0 Å². The van der Waals surface area contributed by atoms with Crippen LogP contribution in [-0.4, -0.2) is 93.4 Å². The fourth-order valence-electron chi connectivity index (χ4n) is 3.20. The number of nitrogens with one attached hydrogen (secondary N) is 1. The molecule has 29 heavy (non-hydrogen) atoms. The van der Waals surface area contributed by atoms with Crippen LogP contribution >= 0.6 is 0 Å². The Kier molecular flexibility index (Phi) is 10.4. The molecule has 1 amide bonds. The van der Waals surface area contributed by atoms with Gasteiger partial charge in [-0.1, -0.05) is 6.07 Å². The monoisotopic (exact) mass is 405 g/mol. The smallest absolute Gasteiger partial charge is 0.244 e. The van der Waals surface area contributed by atoms with Gasteiger partial charge in [0.1, 0.15) is 6.54 Å². The minimum Gasteiger partial charge on any atom is -0.382 e. The van der Waals surface area contributed by atoms with Crippen LogP contribution in [0.2, 0.25) is 0 Å². The Morgan fingerprint density at radius 1 is 1.41 bits per heavy atom. The summed E-state index contributed by atoms with van der Waals surface area (Å²) in [4.78, 5) is 25.3. The van der Waals surface area contributed by atoms with Gasteiger partial charge in [-0.05, 0) is 25.5 Å². The van der Waals surface area contributed by atoms with Gasteiger partial charge in [0.2, 0.25) is 5.91 Å². The summed E-state index contributed by atoms with van der Waals surface area (Å²) in [6, 6.07) is 5.83. The predicted molar refractivity (Wildman–Crippen MR) is 114 cm³/mol. The number of nitrogens with zero attached hydrogens (tertiary/aromatic N) is 4. The van der Waals surface area contributed by atoms with Crippen LogP contribution in [-0.2, 0) is 20.7 Å². The molecule has 1 aromatic rings. The summed E-state index contributed by atoms with van der Waals surface area (Å²) in [5.74, 6) is 1.29. The highest BCUT2D eigenvalue weighted by molar-refractivity contribution is 5.85. The largest absolute Gasteiger partial charge is 0.382 e. The lowest BCUT2D eigenvalue weighted by molar-refractivity contribution is -0.128. The molecule has 8 heteroatoms. The van der Waals surface area contributed by atoms with Crippen LogP contribution in [0, 0.1) is 5.92 Å². The molecule has 1 aliphatic heterocycles. The van der Waals surface area contributed by atoms with E-state index in [1.54, 1.807) is 18.2 Å². The number of pyridine rings is 1. The average molecular weight is 406 g/mol. The first kappa shape index (κ1) is 23.1. The number of amides is 1. The number of hydrogen-bond acceptors (Lipinski definition) is 5. The second-order valence-corrected chi connectivity index (χ2v) is 7.22. The number of likely N-dealkylation sites (tertiary alicyclic amines) is 1. The van der Waals surface area contributed by atoms with Crippen molar-refractivity contribution in [1.29, 1.82) is 0 Å². The molecule has 1 N–H and O–H groups in total. The van der Waals surface area contributed by atoms with E-state index < -0.39 is 0 Å². The van der Waals surface area contributed by atoms with Gasteiger partial charge in [-0.2, -0.15) is 0 Å². The van der Waals surface area contributed by atoms with Gasteiger partial charge in [0.05, 0.1) is 19.8 Å². The van der Waals surface area contributed by atoms with E-state index in [9.17, 15) is 4.79 Å². The fourth-order valence-corrected chi connectivity index (χ4v) is 3.20. The van der Waals surface area contributed by atoms with Gasteiger partial charge in [0.25, 0.3) is 0 Å². The minimum absolute atomic E-state index is 0.00924. The lowest BCUT2D eigenvalue weighted by Gasteiger charge is -2.22. The van der Waals surface area contributed by atoms with E-state index in [1.165, 1.54) is 0 Å². The quantitative estimate of drug-likeness (QED) is 0.337. The molecule has 0 aromatic carbocycles. The number of ether oxygens (including phenoxy) is 2. The SMILES string of the molecule is CCNC(=NCC(=O)N(C)CCc1ccccn1)N1CCC(COCCOC)C1. The summed E-state index contributed by atoms with van der Waals surface area (Å²) in [5.41, 5.74) is 0.986. The predicted octanol–water partition coefficient (Wildman–Crippen LogP) is 1.03. The van der Waals surface area contributed by atoms with Crippen molar-refractivity contribution in [2.45, 2.75) is 19.8 Å². The van der Waals surface area contributed by atoms with Gasteiger partial charge < -0.3 is 24.6 Å². The van der Waals surface area contributed by atoms with E-state index >= 15 is 0 Å². The highest BCUT2D eigenvalue weighted by atomic mass is 16.5. The van der Waals surface area contributed by atoms with E-state index in [-0.39, 0.29) is 12.5 Å². The van der Waals surface area contributed by atoms with Gasteiger partial charge in [-0.3, -0.25) is 9.78 Å². The number of carbonyl (C=O) groups is 1. The first-order valence-corrected chi connectivity index (χ1v) is 10.4. The van der Waals surface area contributed by atoms with Crippen LogP contribution in [0.4, 0.5) is 0 Å². The molecule has 1 saturated heterocycles. The van der Waals surface area contributed by atoms with Crippen LogP contribution in [0.15, 0.2) is 29.4 Å². The van der Waals surface area contributed by atoms with E-state index in [1.807, 2.05) is 32.2 Å². The Bertz CT molecular complexity index is 626. The van der Waals surface area contributed by atoms with Crippen LogP contribution < -0.4 is 5.32 Å². The second-order valence-electron chi connectivity index (χ2n) is 7.22. The van der Waals surface area contributed by atoms with Crippen molar-refractivity contribution in [3.05, 3.63) is 30.1 Å². The van der Waals surface area contributed by atoms with Crippen molar-refractivity contribution in [3.63, 3.8) is 0 Å². The molecule has 0 radical (unpaired) electrons. The summed E-state index contributed by atoms with van der Waals surface area (Å²) < 4.78 is 10.7.